The maximum atomic E-state index is 13.0. The fourth-order valence-electron chi connectivity index (χ4n) is 3.36. The van der Waals surface area contributed by atoms with Crippen molar-refractivity contribution in [3.05, 3.63) is 35.8 Å². The number of thiazole rings is 1. The molecule has 3 heterocycles. The number of nitrogens with zero attached hydrogens (tertiary/aromatic N) is 4. The number of hydrogen-bond donors (Lipinski definition) is 0. The number of anilines is 2. The van der Waals surface area contributed by atoms with Crippen molar-refractivity contribution in [2.24, 2.45) is 0 Å². The third-order valence-corrected chi connectivity index (χ3v) is 5.54. The summed E-state index contributed by atoms with van der Waals surface area (Å²) >= 11 is 1.61. The Labute approximate surface area is 155 Å². The quantitative estimate of drug-likeness (QED) is 0.801. The first kappa shape index (κ1) is 16.8. The van der Waals surface area contributed by atoms with E-state index < -0.39 is 6.10 Å². The van der Waals surface area contributed by atoms with E-state index in [1.807, 2.05) is 28.5 Å². The van der Waals surface area contributed by atoms with E-state index in [4.69, 9.17) is 4.74 Å². The Morgan fingerprint density at radius 2 is 1.96 bits per heavy atom. The summed E-state index contributed by atoms with van der Waals surface area (Å²) in [5, 5.41) is 2.94. The van der Waals surface area contributed by atoms with Gasteiger partial charge in [-0.1, -0.05) is 12.1 Å². The molecule has 0 radical (unpaired) electrons. The third kappa shape index (κ3) is 3.12. The summed E-state index contributed by atoms with van der Waals surface area (Å²) in [5.74, 6) is 0.422. The van der Waals surface area contributed by atoms with Gasteiger partial charge in [-0.3, -0.25) is 9.59 Å². The second-order valence-corrected chi connectivity index (χ2v) is 7.20. The zero-order valence-corrected chi connectivity index (χ0v) is 15.3. The average Bonchev–Trinajstić information content (AvgIpc) is 3.21. The number of aromatic nitrogens is 1. The van der Waals surface area contributed by atoms with Crippen LogP contribution in [-0.4, -0.2) is 60.5 Å². The summed E-state index contributed by atoms with van der Waals surface area (Å²) in [6.45, 7) is 4.51. The second-order valence-electron chi connectivity index (χ2n) is 6.33. The normalized spacial score (nSPS) is 19.7. The van der Waals surface area contributed by atoms with Crippen LogP contribution in [0.5, 0.6) is 5.75 Å². The fraction of sp³-hybridized carbons (Fsp3) is 0.389. The van der Waals surface area contributed by atoms with Crippen molar-refractivity contribution >= 4 is 34.0 Å². The first-order valence-electron chi connectivity index (χ1n) is 8.60. The van der Waals surface area contributed by atoms with Gasteiger partial charge < -0.3 is 19.4 Å². The lowest BCUT2D eigenvalue weighted by Gasteiger charge is -2.39. The van der Waals surface area contributed by atoms with Crippen molar-refractivity contribution in [3.63, 3.8) is 0 Å². The topological polar surface area (TPSA) is 66.0 Å². The number of hydrogen-bond acceptors (Lipinski definition) is 6. The molecule has 1 saturated heterocycles. The summed E-state index contributed by atoms with van der Waals surface area (Å²) in [4.78, 5) is 34.9. The number of piperazine rings is 1. The molecule has 7 nitrogen and oxygen atoms in total. The Morgan fingerprint density at radius 1 is 1.19 bits per heavy atom. The number of amides is 2. The van der Waals surface area contributed by atoms with E-state index in [0.717, 1.165) is 23.9 Å². The molecule has 2 aliphatic heterocycles. The van der Waals surface area contributed by atoms with E-state index in [-0.39, 0.29) is 18.4 Å². The van der Waals surface area contributed by atoms with E-state index in [9.17, 15) is 9.59 Å². The molecule has 26 heavy (non-hydrogen) atoms. The van der Waals surface area contributed by atoms with Gasteiger partial charge in [0, 0.05) is 44.7 Å². The minimum Gasteiger partial charge on any atom is -0.476 e. The molecule has 0 aliphatic carbocycles. The number of carbonyl (C=O) groups is 2. The molecule has 0 saturated carbocycles. The Kier molecular flexibility index (Phi) is 4.50. The second kappa shape index (κ2) is 6.95. The predicted octanol–water partition coefficient (Wildman–Crippen LogP) is 1.61. The third-order valence-electron chi connectivity index (χ3n) is 4.71. The van der Waals surface area contributed by atoms with Gasteiger partial charge in [-0.25, -0.2) is 4.98 Å². The van der Waals surface area contributed by atoms with Crippen molar-refractivity contribution in [3.8, 4) is 5.75 Å². The summed E-state index contributed by atoms with van der Waals surface area (Å²) in [6, 6.07) is 7.34. The first-order chi connectivity index (χ1) is 12.6. The van der Waals surface area contributed by atoms with Crippen molar-refractivity contribution in [1.82, 2.24) is 9.88 Å². The average molecular weight is 372 g/mol. The van der Waals surface area contributed by atoms with Gasteiger partial charge in [0.1, 0.15) is 5.75 Å². The van der Waals surface area contributed by atoms with E-state index in [2.05, 4.69) is 9.88 Å². The van der Waals surface area contributed by atoms with Crippen LogP contribution in [0, 0.1) is 0 Å². The molecule has 0 bridgehead atoms. The number of rotatable bonds is 2. The molecule has 136 valence electrons. The summed E-state index contributed by atoms with van der Waals surface area (Å²) in [5.41, 5.74) is 0.720. The van der Waals surface area contributed by atoms with Gasteiger partial charge in [0.05, 0.1) is 12.2 Å². The molecular weight excluding hydrogens is 352 g/mol. The van der Waals surface area contributed by atoms with Crippen LogP contribution in [0.4, 0.5) is 10.8 Å². The summed E-state index contributed by atoms with van der Waals surface area (Å²) in [7, 11) is 0. The van der Waals surface area contributed by atoms with Gasteiger partial charge in [-0.15, -0.1) is 11.3 Å². The van der Waals surface area contributed by atoms with Gasteiger partial charge in [0.15, 0.2) is 11.2 Å². The molecule has 2 aromatic rings. The monoisotopic (exact) mass is 372 g/mol. The molecule has 1 unspecified atom stereocenters. The van der Waals surface area contributed by atoms with Crippen molar-refractivity contribution in [2.75, 3.05) is 42.5 Å². The van der Waals surface area contributed by atoms with Crippen molar-refractivity contribution in [1.29, 1.82) is 0 Å². The molecule has 8 heteroatoms. The standard InChI is InChI=1S/C18H20N4O3S/c1-13(23)22-12-16(25-15-5-3-2-4-14(15)22)17(24)20-7-9-21(10-8-20)18-19-6-11-26-18/h2-6,11,16H,7-10,12H2,1H3. The lowest BCUT2D eigenvalue weighted by Crippen LogP contribution is -2.56. The maximum Gasteiger partial charge on any atom is 0.265 e. The van der Waals surface area contributed by atoms with Gasteiger partial charge in [0.25, 0.3) is 5.91 Å². The van der Waals surface area contributed by atoms with Crippen molar-refractivity contribution < 1.29 is 14.3 Å². The smallest absolute Gasteiger partial charge is 0.265 e. The lowest BCUT2D eigenvalue weighted by atomic mass is 10.1. The van der Waals surface area contributed by atoms with Crippen LogP contribution < -0.4 is 14.5 Å². The number of ether oxygens (including phenoxy) is 1. The Bertz CT molecular complexity index is 803. The highest BCUT2D eigenvalue weighted by Gasteiger charge is 2.36. The first-order valence-corrected chi connectivity index (χ1v) is 9.48. The van der Waals surface area contributed by atoms with E-state index in [1.54, 1.807) is 28.5 Å². The van der Waals surface area contributed by atoms with E-state index in [0.29, 0.717) is 18.8 Å². The summed E-state index contributed by atoms with van der Waals surface area (Å²) in [6.07, 6.45) is 1.13. The van der Waals surface area contributed by atoms with E-state index in [1.165, 1.54) is 6.92 Å². The molecule has 0 N–H and O–H groups in total. The number of carbonyl (C=O) groups excluding carboxylic acids is 2. The van der Waals surface area contributed by atoms with Crippen LogP contribution in [0.2, 0.25) is 0 Å². The SMILES string of the molecule is CC(=O)N1CC(C(=O)N2CCN(c3nccs3)CC2)Oc2ccccc21. The van der Waals surface area contributed by atoms with E-state index >= 15 is 0 Å². The minimum atomic E-state index is -0.666. The van der Waals surface area contributed by atoms with Crippen LogP contribution in [-0.2, 0) is 9.59 Å². The number of benzene rings is 1. The van der Waals surface area contributed by atoms with Crippen LogP contribution in [0.1, 0.15) is 6.92 Å². The molecule has 1 aromatic heterocycles. The molecular formula is C18H20N4O3S. The summed E-state index contributed by atoms with van der Waals surface area (Å²) < 4.78 is 5.92. The molecule has 2 aliphatic rings. The van der Waals surface area contributed by atoms with Crippen LogP contribution in [0.3, 0.4) is 0 Å². The van der Waals surface area contributed by atoms with Gasteiger partial charge in [-0.05, 0) is 12.1 Å². The molecule has 1 fully saturated rings. The molecule has 1 atom stereocenters. The lowest BCUT2D eigenvalue weighted by molar-refractivity contribution is -0.139. The van der Waals surface area contributed by atoms with Gasteiger partial charge in [0.2, 0.25) is 5.91 Å². The molecule has 0 spiro atoms. The zero-order valence-electron chi connectivity index (χ0n) is 14.5. The van der Waals surface area contributed by atoms with Crippen LogP contribution in [0.15, 0.2) is 35.8 Å². The molecule has 2 amide bonds. The minimum absolute atomic E-state index is 0.0652. The molecule has 4 rings (SSSR count). The Morgan fingerprint density at radius 3 is 2.65 bits per heavy atom. The predicted molar refractivity (Wildman–Crippen MR) is 99.8 cm³/mol. The van der Waals surface area contributed by atoms with Crippen LogP contribution in [0.25, 0.3) is 0 Å². The Balaban J connectivity index is 1.45. The van der Waals surface area contributed by atoms with Gasteiger partial charge in [-0.2, -0.15) is 0 Å². The van der Waals surface area contributed by atoms with Crippen LogP contribution >= 0.6 is 11.3 Å². The number of para-hydroxylation sites is 2. The largest absolute Gasteiger partial charge is 0.476 e. The fourth-order valence-corrected chi connectivity index (χ4v) is 4.05. The highest BCUT2D eigenvalue weighted by Crippen LogP contribution is 2.33. The Hall–Kier alpha value is -2.61. The highest BCUT2D eigenvalue weighted by molar-refractivity contribution is 7.13. The maximum absolute atomic E-state index is 13.0. The zero-order chi connectivity index (χ0) is 18.1. The van der Waals surface area contributed by atoms with Crippen molar-refractivity contribution in [2.45, 2.75) is 13.0 Å². The highest BCUT2D eigenvalue weighted by atomic mass is 32.1. The van der Waals surface area contributed by atoms with Gasteiger partial charge >= 0.3 is 0 Å². The number of fused-ring (bicyclic) bond motifs is 1. The molecule has 1 aromatic carbocycles.